The van der Waals surface area contributed by atoms with Crippen molar-refractivity contribution in [2.24, 2.45) is 11.8 Å². The molecule has 88 valence electrons. The highest BCUT2D eigenvalue weighted by Gasteiger charge is 2.38. The molecule has 0 radical (unpaired) electrons. The zero-order valence-electron chi connectivity index (χ0n) is 9.98. The largest absolute Gasteiger partial charge is 0.338 e. The second-order valence-corrected chi connectivity index (χ2v) is 5.10. The molecule has 1 heterocycles. The number of carbonyl (C=O) groups is 1. The molecule has 1 saturated carbocycles. The Morgan fingerprint density at radius 2 is 2.19 bits per heavy atom. The van der Waals surface area contributed by atoms with E-state index < -0.39 is 0 Å². The van der Waals surface area contributed by atoms with Crippen molar-refractivity contribution in [2.75, 3.05) is 6.54 Å². The lowest BCUT2D eigenvalue weighted by atomic mass is 9.82. The predicted octanol–water partition coefficient (Wildman–Crippen LogP) is 2.33. The van der Waals surface area contributed by atoms with E-state index in [1.165, 1.54) is 19.3 Å². The predicted molar refractivity (Wildman–Crippen MR) is 61.5 cm³/mol. The number of carbonyl (C=O) groups excluding carboxylic acids is 1. The van der Waals surface area contributed by atoms with Crippen LogP contribution in [0.1, 0.15) is 45.4 Å². The second-order valence-electron chi connectivity index (χ2n) is 5.10. The van der Waals surface area contributed by atoms with Crippen LogP contribution in [-0.2, 0) is 4.79 Å². The topological polar surface area (TPSA) is 44.1 Å². The monoisotopic (exact) mass is 220 g/mol. The van der Waals surface area contributed by atoms with Gasteiger partial charge in [-0.25, -0.2) is 0 Å². The van der Waals surface area contributed by atoms with E-state index in [2.05, 4.69) is 13.0 Å². The summed E-state index contributed by atoms with van der Waals surface area (Å²) in [6, 6.07) is 2.65. The Kier molecular flexibility index (Phi) is 3.48. The van der Waals surface area contributed by atoms with Gasteiger partial charge in [0.05, 0.1) is 12.0 Å². The summed E-state index contributed by atoms with van der Waals surface area (Å²) in [7, 11) is 0. The first-order valence-corrected chi connectivity index (χ1v) is 6.45. The number of hydrogen-bond donors (Lipinski definition) is 0. The van der Waals surface area contributed by atoms with Crippen molar-refractivity contribution in [1.82, 2.24) is 4.90 Å². The molecular weight excluding hydrogens is 200 g/mol. The van der Waals surface area contributed by atoms with E-state index in [1.807, 2.05) is 4.90 Å². The number of hydrogen-bond acceptors (Lipinski definition) is 2. The SMILES string of the molecule is CCC1CCCCC1N1CC(C#N)CC1=O. The molecule has 0 N–H and O–H groups in total. The third kappa shape index (κ3) is 2.07. The fourth-order valence-electron chi connectivity index (χ4n) is 3.21. The third-order valence-electron chi connectivity index (χ3n) is 4.13. The molecule has 16 heavy (non-hydrogen) atoms. The van der Waals surface area contributed by atoms with Gasteiger partial charge in [-0.2, -0.15) is 5.26 Å². The number of nitrogens with zero attached hydrogens (tertiary/aromatic N) is 2. The Hall–Kier alpha value is -1.04. The van der Waals surface area contributed by atoms with Crippen LogP contribution in [0.25, 0.3) is 0 Å². The molecule has 0 spiro atoms. The zero-order chi connectivity index (χ0) is 11.5. The molecule has 3 nitrogen and oxygen atoms in total. The maximum absolute atomic E-state index is 11.9. The van der Waals surface area contributed by atoms with E-state index in [9.17, 15) is 4.79 Å². The number of amides is 1. The molecule has 1 aliphatic heterocycles. The van der Waals surface area contributed by atoms with Crippen LogP contribution >= 0.6 is 0 Å². The van der Waals surface area contributed by atoms with Crippen molar-refractivity contribution >= 4 is 5.91 Å². The molecule has 1 aliphatic carbocycles. The summed E-state index contributed by atoms with van der Waals surface area (Å²) in [5.74, 6) is 0.805. The van der Waals surface area contributed by atoms with Crippen molar-refractivity contribution < 1.29 is 4.79 Å². The number of nitriles is 1. The van der Waals surface area contributed by atoms with Crippen LogP contribution in [-0.4, -0.2) is 23.4 Å². The summed E-state index contributed by atoms with van der Waals surface area (Å²) in [6.45, 7) is 2.89. The molecule has 2 rings (SSSR count). The van der Waals surface area contributed by atoms with Crippen LogP contribution in [0.5, 0.6) is 0 Å². The van der Waals surface area contributed by atoms with Gasteiger partial charge >= 0.3 is 0 Å². The van der Waals surface area contributed by atoms with E-state index in [0.717, 1.165) is 12.8 Å². The lowest BCUT2D eigenvalue weighted by Gasteiger charge is -2.37. The Balaban J connectivity index is 2.05. The van der Waals surface area contributed by atoms with Gasteiger partial charge in [-0.3, -0.25) is 4.79 Å². The Labute approximate surface area is 97.4 Å². The van der Waals surface area contributed by atoms with Crippen molar-refractivity contribution in [3.8, 4) is 6.07 Å². The molecule has 1 saturated heterocycles. The first-order chi connectivity index (χ1) is 7.76. The minimum absolute atomic E-state index is 0.0630. The maximum Gasteiger partial charge on any atom is 0.224 e. The average molecular weight is 220 g/mol. The molecule has 0 bridgehead atoms. The maximum atomic E-state index is 11.9. The number of likely N-dealkylation sites (tertiary alicyclic amines) is 1. The number of rotatable bonds is 2. The highest BCUT2D eigenvalue weighted by Crippen LogP contribution is 2.33. The molecule has 2 aliphatic rings. The van der Waals surface area contributed by atoms with E-state index in [4.69, 9.17) is 5.26 Å². The van der Waals surface area contributed by atoms with Gasteiger partial charge in [0.25, 0.3) is 0 Å². The van der Waals surface area contributed by atoms with Crippen LogP contribution in [0.15, 0.2) is 0 Å². The smallest absolute Gasteiger partial charge is 0.224 e. The summed E-state index contributed by atoms with van der Waals surface area (Å²) in [4.78, 5) is 13.9. The molecule has 1 amide bonds. The molecule has 0 aromatic carbocycles. The first-order valence-electron chi connectivity index (χ1n) is 6.45. The molecule has 0 aromatic heterocycles. The lowest BCUT2D eigenvalue weighted by molar-refractivity contribution is -0.131. The zero-order valence-corrected chi connectivity index (χ0v) is 9.98. The fraction of sp³-hybridized carbons (Fsp3) is 0.846. The Morgan fingerprint density at radius 3 is 2.81 bits per heavy atom. The van der Waals surface area contributed by atoms with Crippen LogP contribution in [0.4, 0.5) is 0 Å². The Morgan fingerprint density at radius 1 is 1.44 bits per heavy atom. The molecule has 3 heteroatoms. The minimum Gasteiger partial charge on any atom is -0.338 e. The summed E-state index contributed by atoms with van der Waals surface area (Å²) >= 11 is 0. The quantitative estimate of drug-likeness (QED) is 0.717. The second kappa shape index (κ2) is 4.86. The van der Waals surface area contributed by atoms with Gasteiger partial charge in [-0.1, -0.05) is 26.2 Å². The highest BCUT2D eigenvalue weighted by molar-refractivity contribution is 5.79. The fourth-order valence-corrected chi connectivity index (χ4v) is 3.21. The summed E-state index contributed by atoms with van der Waals surface area (Å²) in [5.41, 5.74) is 0. The van der Waals surface area contributed by atoms with Gasteiger partial charge in [-0.05, 0) is 18.8 Å². The van der Waals surface area contributed by atoms with Crippen LogP contribution in [0, 0.1) is 23.2 Å². The van der Waals surface area contributed by atoms with E-state index in [1.54, 1.807) is 0 Å². The van der Waals surface area contributed by atoms with Gasteiger partial charge in [0.2, 0.25) is 5.91 Å². The van der Waals surface area contributed by atoms with Gasteiger partial charge < -0.3 is 4.90 Å². The Bertz CT molecular complexity index is 308. The van der Waals surface area contributed by atoms with Gasteiger partial charge in [-0.15, -0.1) is 0 Å². The van der Waals surface area contributed by atoms with Crippen molar-refractivity contribution in [3.63, 3.8) is 0 Å². The van der Waals surface area contributed by atoms with E-state index in [0.29, 0.717) is 24.9 Å². The van der Waals surface area contributed by atoms with E-state index in [-0.39, 0.29) is 11.8 Å². The molecule has 0 aromatic rings. The van der Waals surface area contributed by atoms with Crippen LogP contribution in [0.2, 0.25) is 0 Å². The van der Waals surface area contributed by atoms with Gasteiger partial charge in [0, 0.05) is 19.0 Å². The van der Waals surface area contributed by atoms with Crippen molar-refractivity contribution in [2.45, 2.75) is 51.5 Å². The molecular formula is C13H20N2O. The summed E-state index contributed by atoms with van der Waals surface area (Å²) < 4.78 is 0. The van der Waals surface area contributed by atoms with Gasteiger partial charge in [0.1, 0.15) is 0 Å². The van der Waals surface area contributed by atoms with Crippen molar-refractivity contribution in [1.29, 1.82) is 5.26 Å². The summed E-state index contributed by atoms with van der Waals surface area (Å²) in [5, 5.41) is 8.89. The molecule has 3 unspecified atom stereocenters. The standard InChI is InChI=1S/C13H20N2O/c1-2-11-5-3-4-6-12(11)15-9-10(8-14)7-13(15)16/h10-12H,2-7,9H2,1H3. The lowest BCUT2D eigenvalue weighted by Crippen LogP contribution is -2.43. The normalized spacial score (nSPS) is 35.1. The highest BCUT2D eigenvalue weighted by atomic mass is 16.2. The summed E-state index contributed by atoms with van der Waals surface area (Å²) in [6.07, 6.45) is 6.54. The van der Waals surface area contributed by atoms with Crippen LogP contribution in [0.3, 0.4) is 0 Å². The molecule has 3 atom stereocenters. The average Bonchev–Trinajstić information content (AvgIpc) is 2.70. The van der Waals surface area contributed by atoms with Gasteiger partial charge in [0.15, 0.2) is 0 Å². The van der Waals surface area contributed by atoms with Crippen molar-refractivity contribution in [3.05, 3.63) is 0 Å². The van der Waals surface area contributed by atoms with Crippen LogP contribution < -0.4 is 0 Å². The third-order valence-corrected chi connectivity index (χ3v) is 4.13. The van der Waals surface area contributed by atoms with E-state index >= 15 is 0 Å². The minimum atomic E-state index is -0.0630. The molecule has 2 fully saturated rings. The first kappa shape index (κ1) is 11.4.